The van der Waals surface area contributed by atoms with Gasteiger partial charge in [0.2, 0.25) is 5.91 Å². The van der Waals surface area contributed by atoms with Crippen molar-refractivity contribution in [1.29, 1.82) is 0 Å². The summed E-state index contributed by atoms with van der Waals surface area (Å²) in [6.45, 7) is 3.31. The van der Waals surface area contributed by atoms with Crippen LogP contribution in [0.1, 0.15) is 77.0 Å². The van der Waals surface area contributed by atoms with Crippen molar-refractivity contribution in [2.75, 3.05) is 19.6 Å². The molecule has 0 aromatic rings. The van der Waals surface area contributed by atoms with Gasteiger partial charge in [-0.3, -0.25) is 9.69 Å². The van der Waals surface area contributed by atoms with E-state index in [2.05, 4.69) is 10.2 Å². The fourth-order valence-corrected chi connectivity index (χ4v) is 5.04. The number of rotatable bonds is 4. The van der Waals surface area contributed by atoms with Gasteiger partial charge < -0.3 is 11.1 Å². The Morgan fingerprint density at radius 1 is 1.00 bits per heavy atom. The molecule has 2 atom stereocenters. The van der Waals surface area contributed by atoms with E-state index in [0.717, 1.165) is 32.2 Å². The maximum Gasteiger partial charge on any atom is 0.223 e. The van der Waals surface area contributed by atoms with Crippen molar-refractivity contribution in [2.45, 2.75) is 88.6 Å². The standard InChI is InChI=1S/C19H35N3O/c20-17-9-7-8-16(14-17)18(23)21-15-19(10-3-1-4-11-19)22-12-5-2-6-13-22/h16-17H,1-15,20H2,(H,21,23). The highest BCUT2D eigenvalue weighted by Crippen LogP contribution is 2.35. The fourth-order valence-electron chi connectivity index (χ4n) is 5.04. The molecule has 0 aromatic heterocycles. The van der Waals surface area contributed by atoms with Crippen molar-refractivity contribution in [3.8, 4) is 0 Å². The Balaban J connectivity index is 1.58. The van der Waals surface area contributed by atoms with E-state index in [1.54, 1.807) is 0 Å². The van der Waals surface area contributed by atoms with Gasteiger partial charge in [-0.1, -0.05) is 32.1 Å². The molecule has 0 radical (unpaired) electrons. The van der Waals surface area contributed by atoms with Gasteiger partial charge in [0.15, 0.2) is 0 Å². The van der Waals surface area contributed by atoms with Crippen LogP contribution in [0.2, 0.25) is 0 Å². The van der Waals surface area contributed by atoms with Crippen LogP contribution < -0.4 is 11.1 Å². The third-order valence-electron chi connectivity index (χ3n) is 6.49. The van der Waals surface area contributed by atoms with Crippen LogP contribution in [0.3, 0.4) is 0 Å². The number of nitrogens with zero attached hydrogens (tertiary/aromatic N) is 1. The van der Waals surface area contributed by atoms with Crippen molar-refractivity contribution in [3.63, 3.8) is 0 Å². The van der Waals surface area contributed by atoms with Gasteiger partial charge in [-0.25, -0.2) is 0 Å². The van der Waals surface area contributed by atoms with Crippen LogP contribution in [0.5, 0.6) is 0 Å². The summed E-state index contributed by atoms with van der Waals surface area (Å²) in [5, 5.41) is 3.34. The average molecular weight is 322 g/mol. The Morgan fingerprint density at radius 2 is 1.70 bits per heavy atom. The van der Waals surface area contributed by atoms with Gasteiger partial charge in [-0.05, 0) is 58.0 Å². The molecule has 4 nitrogen and oxygen atoms in total. The summed E-state index contributed by atoms with van der Waals surface area (Å²) in [6, 6.07) is 0.227. The highest BCUT2D eigenvalue weighted by atomic mass is 16.1. The third-order valence-corrected chi connectivity index (χ3v) is 6.49. The maximum atomic E-state index is 12.6. The number of amides is 1. The molecule has 0 bridgehead atoms. The smallest absolute Gasteiger partial charge is 0.223 e. The highest BCUT2D eigenvalue weighted by Gasteiger charge is 2.39. The molecule has 1 saturated heterocycles. The fraction of sp³-hybridized carbons (Fsp3) is 0.947. The van der Waals surface area contributed by atoms with Crippen LogP contribution in [0.15, 0.2) is 0 Å². The number of hydrogen-bond donors (Lipinski definition) is 2. The minimum Gasteiger partial charge on any atom is -0.354 e. The van der Waals surface area contributed by atoms with Gasteiger partial charge in [0.1, 0.15) is 0 Å². The second-order valence-electron chi connectivity index (χ2n) is 8.17. The number of hydrogen-bond acceptors (Lipinski definition) is 3. The molecule has 0 spiro atoms. The molecule has 3 fully saturated rings. The van der Waals surface area contributed by atoms with Crippen molar-refractivity contribution < 1.29 is 4.79 Å². The Kier molecular flexibility index (Phi) is 5.97. The lowest BCUT2D eigenvalue weighted by molar-refractivity contribution is -0.127. The third kappa shape index (κ3) is 4.27. The predicted molar refractivity (Wildman–Crippen MR) is 94.2 cm³/mol. The number of carbonyl (C=O) groups is 1. The van der Waals surface area contributed by atoms with E-state index >= 15 is 0 Å². The maximum absolute atomic E-state index is 12.6. The number of nitrogens with two attached hydrogens (primary N) is 1. The van der Waals surface area contributed by atoms with Crippen LogP contribution in [-0.2, 0) is 4.79 Å². The topological polar surface area (TPSA) is 58.4 Å². The first-order valence-electron chi connectivity index (χ1n) is 9.98. The number of likely N-dealkylation sites (tertiary alicyclic amines) is 1. The predicted octanol–water partition coefficient (Wildman–Crippen LogP) is 2.81. The van der Waals surface area contributed by atoms with Crippen LogP contribution in [-0.4, -0.2) is 42.0 Å². The van der Waals surface area contributed by atoms with E-state index in [4.69, 9.17) is 5.73 Å². The molecule has 2 aliphatic carbocycles. The summed E-state index contributed by atoms with van der Waals surface area (Å²) >= 11 is 0. The Hall–Kier alpha value is -0.610. The first kappa shape index (κ1) is 17.2. The lowest BCUT2D eigenvalue weighted by Crippen LogP contribution is -2.58. The van der Waals surface area contributed by atoms with E-state index < -0.39 is 0 Å². The molecule has 3 aliphatic rings. The van der Waals surface area contributed by atoms with Crippen LogP contribution in [0.25, 0.3) is 0 Å². The zero-order chi connectivity index (χ0) is 16.1. The Morgan fingerprint density at radius 3 is 2.39 bits per heavy atom. The minimum absolute atomic E-state index is 0.153. The first-order chi connectivity index (χ1) is 11.2. The molecular weight excluding hydrogens is 286 g/mol. The van der Waals surface area contributed by atoms with Gasteiger partial charge in [0, 0.05) is 24.0 Å². The summed E-state index contributed by atoms with van der Waals surface area (Å²) in [5.41, 5.74) is 6.30. The van der Waals surface area contributed by atoms with E-state index in [1.807, 2.05) is 0 Å². The molecule has 23 heavy (non-hydrogen) atoms. The molecule has 4 heteroatoms. The van der Waals surface area contributed by atoms with Gasteiger partial charge in [-0.2, -0.15) is 0 Å². The molecule has 2 saturated carbocycles. The molecule has 1 amide bonds. The molecule has 0 aromatic carbocycles. The zero-order valence-electron chi connectivity index (χ0n) is 14.7. The highest BCUT2D eigenvalue weighted by molar-refractivity contribution is 5.78. The summed E-state index contributed by atoms with van der Waals surface area (Å²) in [5.74, 6) is 0.419. The van der Waals surface area contributed by atoms with E-state index in [0.29, 0.717) is 0 Å². The lowest BCUT2D eigenvalue weighted by atomic mass is 9.78. The van der Waals surface area contributed by atoms with E-state index in [1.165, 1.54) is 64.5 Å². The van der Waals surface area contributed by atoms with E-state index in [-0.39, 0.29) is 23.4 Å². The average Bonchev–Trinajstić information content (AvgIpc) is 2.61. The number of nitrogens with one attached hydrogen (secondary N) is 1. The van der Waals surface area contributed by atoms with Gasteiger partial charge in [0.25, 0.3) is 0 Å². The van der Waals surface area contributed by atoms with Crippen LogP contribution >= 0.6 is 0 Å². The Labute approximate surface area is 141 Å². The first-order valence-corrected chi connectivity index (χ1v) is 9.98. The second kappa shape index (κ2) is 7.98. The zero-order valence-corrected chi connectivity index (χ0v) is 14.7. The van der Waals surface area contributed by atoms with Crippen molar-refractivity contribution in [1.82, 2.24) is 10.2 Å². The van der Waals surface area contributed by atoms with Crippen molar-refractivity contribution in [2.24, 2.45) is 11.7 Å². The molecule has 3 N–H and O–H groups in total. The summed E-state index contributed by atoms with van der Waals surface area (Å²) in [4.78, 5) is 15.3. The van der Waals surface area contributed by atoms with Crippen molar-refractivity contribution >= 4 is 5.91 Å². The Bertz CT molecular complexity index is 386. The molecule has 132 valence electrons. The minimum atomic E-state index is 0.153. The van der Waals surface area contributed by atoms with E-state index in [9.17, 15) is 4.79 Å². The van der Waals surface area contributed by atoms with Crippen molar-refractivity contribution in [3.05, 3.63) is 0 Å². The van der Waals surface area contributed by atoms with Gasteiger partial charge >= 0.3 is 0 Å². The van der Waals surface area contributed by atoms with Gasteiger partial charge in [0.05, 0.1) is 0 Å². The molecule has 2 unspecified atom stereocenters. The summed E-state index contributed by atoms with van der Waals surface area (Å²) in [6.07, 6.45) is 14.6. The molecular formula is C19H35N3O. The number of carbonyl (C=O) groups excluding carboxylic acids is 1. The van der Waals surface area contributed by atoms with Crippen LogP contribution in [0.4, 0.5) is 0 Å². The molecule has 3 rings (SSSR count). The normalized spacial score (nSPS) is 32.4. The largest absolute Gasteiger partial charge is 0.354 e. The lowest BCUT2D eigenvalue weighted by Gasteiger charge is -2.48. The molecule has 1 aliphatic heterocycles. The summed E-state index contributed by atoms with van der Waals surface area (Å²) < 4.78 is 0. The monoisotopic (exact) mass is 321 g/mol. The van der Waals surface area contributed by atoms with Crippen LogP contribution in [0, 0.1) is 5.92 Å². The second-order valence-corrected chi connectivity index (χ2v) is 8.17. The number of piperidine rings is 1. The SMILES string of the molecule is NC1CCCC(C(=O)NCC2(N3CCCCC3)CCCCC2)C1. The quantitative estimate of drug-likeness (QED) is 0.837. The molecule has 1 heterocycles. The van der Waals surface area contributed by atoms with Gasteiger partial charge in [-0.15, -0.1) is 0 Å². The summed E-state index contributed by atoms with van der Waals surface area (Å²) in [7, 11) is 0.